The Morgan fingerprint density at radius 2 is 1.57 bits per heavy atom. The van der Waals surface area contributed by atoms with E-state index in [1.165, 1.54) is 0 Å². The van der Waals surface area contributed by atoms with E-state index in [1.807, 2.05) is 30.3 Å². The molecule has 3 aromatic rings. The molecule has 0 spiro atoms. The van der Waals surface area contributed by atoms with Gasteiger partial charge in [-0.15, -0.1) is 0 Å². The van der Waals surface area contributed by atoms with Crippen molar-refractivity contribution in [3.8, 4) is 0 Å². The number of amidine groups is 1. The van der Waals surface area contributed by atoms with Crippen molar-refractivity contribution in [1.29, 1.82) is 5.41 Å². The van der Waals surface area contributed by atoms with E-state index >= 15 is 0 Å². The highest BCUT2D eigenvalue weighted by molar-refractivity contribution is 5.95. The molecule has 0 aliphatic heterocycles. The lowest BCUT2D eigenvalue weighted by Gasteiger charge is -2.24. The first-order valence-corrected chi connectivity index (χ1v) is 14.0. The van der Waals surface area contributed by atoms with Gasteiger partial charge in [0.1, 0.15) is 17.9 Å². The first kappa shape index (κ1) is 33.2. The maximum atomic E-state index is 13.8. The molecular formula is C31H39N9O4. The van der Waals surface area contributed by atoms with Crippen LogP contribution < -0.4 is 33.6 Å². The Kier molecular flexibility index (Phi) is 12.8. The van der Waals surface area contributed by atoms with E-state index in [0.717, 1.165) is 11.1 Å². The molecule has 3 amide bonds. The molecule has 44 heavy (non-hydrogen) atoms. The summed E-state index contributed by atoms with van der Waals surface area (Å²) in [7, 11) is 0. The lowest BCUT2D eigenvalue weighted by atomic mass is 9.91. The quantitative estimate of drug-likeness (QED) is 0.0648. The van der Waals surface area contributed by atoms with Gasteiger partial charge in [-0.2, -0.15) is 0 Å². The number of aromatic nitrogens is 1. The van der Waals surface area contributed by atoms with E-state index in [2.05, 4.69) is 20.6 Å². The number of carbonyl (C=O) groups excluding carboxylic acids is 3. The maximum absolute atomic E-state index is 13.8. The highest BCUT2D eigenvalue weighted by atomic mass is 16.5. The summed E-state index contributed by atoms with van der Waals surface area (Å²) in [4.78, 5) is 47.5. The Morgan fingerprint density at radius 3 is 2.18 bits per heavy atom. The van der Waals surface area contributed by atoms with Gasteiger partial charge in [-0.1, -0.05) is 60.7 Å². The van der Waals surface area contributed by atoms with Gasteiger partial charge in [0.25, 0.3) is 0 Å². The summed E-state index contributed by atoms with van der Waals surface area (Å²) in [5.74, 6) is -2.68. The minimum absolute atomic E-state index is 0.0621. The predicted molar refractivity (Wildman–Crippen MR) is 167 cm³/mol. The van der Waals surface area contributed by atoms with Crippen LogP contribution in [0.4, 0.5) is 0 Å². The third kappa shape index (κ3) is 10.8. The molecule has 0 aliphatic carbocycles. The SMILES string of the molecule is N=C(N)c1ccc(CC(C(=O)N[C@@H](COCc2ccccc2)C(=O)N[C@@H](CCCN=C(N)N)C(N)=O)c2cccnc2)cc1. The van der Waals surface area contributed by atoms with Crippen LogP contribution in [-0.4, -0.2) is 59.7 Å². The molecule has 2 aromatic carbocycles. The van der Waals surface area contributed by atoms with Gasteiger partial charge in [-0.3, -0.25) is 29.8 Å². The first-order valence-electron chi connectivity index (χ1n) is 14.0. The number of pyridine rings is 1. The second-order valence-electron chi connectivity index (χ2n) is 10.1. The fourth-order valence-electron chi connectivity index (χ4n) is 4.39. The second kappa shape index (κ2) is 17.0. The Morgan fingerprint density at radius 1 is 0.864 bits per heavy atom. The summed E-state index contributed by atoms with van der Waals surface area (Å²) >= 11 is 0. The molecule has 13 heteroatoms. The number of hydrogen-bond donors (Lipinski definition) is 7. The molecule has 11 N–H and O–H groups in total. The molecule has 1 aromatic heterocycles. The van der Waals surface area contributed by atoms with Gasteiger partial charge in [-0.05, 0) is 42.0 Å². The average molecular weight is 602 g/mol. The molecule has 0 saturated carbocycles. The van der Waals surface area contributed by atoms with Gasteiger partial charge in [0.05, 0.1) is 19.1 Å². The number of nitrogens with two attached hydrogens (primary N) is 4. The van der Waals surface area contributed by atoms with Crippen LogP contribution in [-0.2, 0) is 32.1 Å². The van der Waals surface area contributed by atoms with Gasteiger partial charge in [-0.25, -0.2) is 0 Å². The zero-order valence-electron chi connectivity index (χ0n) is 24.3. The van der Waals surface area contributed by atoms with Crippen molar-refractivity contribution >= 4 is 29.5 Å². The Hall–Kier alpha value is -5.30. The molecule has 3 atom stereocenters. The van der Waals surface area contributed by atoms with Crippen LogP contribution in [0.3, 0.4) is 0 Å². The van der Waals surface area contributed by atoms with Crippen LogP contribution in [0.25, 0.3) is 0 Å². The van der Waals surface area contributed by atoms with Crippen molar-refractivity contribution in [2.24, 2.45) is 27.9 Å². The maximum Gasteiger partial charge on any atom is 0.245 e. The van der Waals surface area contributed by atoms with Gasteiger partial charge >= 0.3 is 0 Å². The van der Waals surface area contributed by atoms with E-state index in [1.54, 1.807) is 48.8 Å². The number of amides is 3. The van der Waals surface area contributed by atoms with E-state index < -0.39 is 35.7 Å². The molecule has 1 unspecified atom stereocenters. The van der Waals surface area contributed by atoms with Crippen molar-refractivity contribution in [2.45, 2.75) is 43.9 Å². The lowest BCUT2D eigenvalue weighted by molar-refractivity contribution is -0.133. The summed E-state index contributed by atoms with van der Waals surface area (Å²) in [6, 6.07) is 17.7. The molecule has 13 nitrogen and oxygen atoms in total. The van der Waals surface area contributed by atoms with Crippen LogP contribution in [0.15, 0.2) is 84.1 Å². The minimum atomic E-state index is -1.15. The first-order chi connectivity index (χ1) is 21.1. The molecule has 232 valence electrons. The van der Waals surface area contributed by atoms with Gasteiger partial charge < -0.3 is 38.3 Å². The third-order valence-corrected chi connectivity index (χ3v) is 6.74. The molecule has 1 heterocycles. The van der Waals surface area contributed by atoms with Crippen molar-refractivity contribution in [3.05, 3.63) is 101 Å². The minimum Gasteiger partial charge on any atom is -0.384 e. The number of guanidine groups is 1. The summed E-state index contributed by atoms with van der Waals surface area (Å²) in [6.45, 7) is 0.286. The highest BCUT2D eigenvalue weighted by Crippen LogP contribution is 2.21. The monoisotopic (exact) mass is 601 g/mol. The molecular weight excluding hydrogens is 562 g/mol. The Balaban J connectivity index is 1.80. The lowest BCUT2D eigenvalue weighted by Crippen LogP contribution is -2.55. The number of hydrogen-bond acceptors (Lipinski definition) is 7. The second-order valence-corrected chi connectivity index (χ2v) is 10.1. The van der Waals surface area contributed by atoms with E-state index in [4.69, 9.17) is 33.1 Å². The van der Waals surface area contributed by atoms with Gasteiger partial charge in [0.2, 0.25) is 17.7 Å². The number of nitrogens with zero attached hydrogens (tertiary/aromatic N) is 2. The highest BCUT2D eigenvalue weighted by Gasteiger charge is 2.29. The van der Waals surface area contributed by atoms with E-state index in [0.29, 0.717) is 17.5 Å². The van der Waals surface area contributed by atoms with Crippen LogP contribution in [0.5, 0.6) is 0 Å². The van der Waals surface area contributed by atoms with Crippen LogP contribution in [0.2, 0.25) is 0 Å². The smallest absolute Gasteiger partial charge is 0.245 e. The molecule has 0 bridgehead atoms. The van der Waals surface area contributed by atoms with Crippen molar-refractivity contribution < 1.29 is 19.1 Å². The summed E-state index contributed by atoms with van der Waals surface area (Å²) in [5.41, 5.74) is 24.7. The Bertz CT molecular complexity index is 1410. The van der Waals surface area contributed by atoms with Crippen molar-refractivity contribution in [3.63, 3.8) is 0 Å². The normalized spacial score (nSPS) is 12.7. The van der Waals surface area contributed by atoms with Crippen LogP contribution in [0, 0.1) is 5.41 Å². The van der Waals surface area contributed by atoms with Crippen LogP contribution in [0.1, 0.15) is 41.0 Å². The topological polar surface area (TPSA) is 238 Å². The number of nitrogens with one attached hydrogen (secondary N) is 3. The number of primary amides is 1. The van der Waals surface area contributed by atoms with Gasteiger partial charge in [0.15, 0.2) is 5.96 Å². The number of ether oxygens (including phenoxy) is 1. The van der Waals surface area contributed by atoms with Crippen molar-refractivity contribution in [2.75, 3.05) is 13.2 Å². The molecule has 3 rings (SSSR count). The van der Waals surface area contributed by atoms with Gasteiger partial charge in [0, 0.05) is 24.5 Å². The standard InChI is InChI=1S/C31H39N9O4/c32-27(33)22-12-10-20(11-13-22)16-24(23-8-4-14-37-17-23)29(42)40-26(19-44-18-21-6-2-1-3-7-21)30(43)39-25(28(34)41)9-5-15-38-31(35)36/h1-4,6-8,10-14,17,24-26H,5,9,15-16,18-19H2,(H3,32,33)(H2,34,41)(H,39,43)(H,40,42)(H4,35,36,38)/t24?,25-,26-/m0/s1. The van der Waals surface area contributed by atoms with E-state index in [-0.39, 0.29) is 44.4 Å². The molecule has 0 radical (unpaired) electrons. The zero-order chi connectivity index (χ0) is 31.9. The number of carbonyl (C=O) groups is 3. The fourth-order valence-corrected chi connectivity index (χ4v) is 4.39. The Labute approximate surface area is 256 Å². The molecule has 0 saturated heterocycles. The predicted octanol–water partition coefficient (Wildman–Crippen LogP) is 0.417. The molecule has 0 fully saturated rings. The number of nitrogen functional groups attached to an aromatic ring is 1. The summed E-state index contributed by atoms with van der Waals surface area (Å²) < 4.78 is 5.83. The number of rotatable bonds is 17. The molecule has 0 aliphatic rings. The number of benzene rings is 2. The summed E-state index contributed by atoms with van der Waals surface area (Å²) in [6.07, 6.45) is 4.06. The third-order valence-electron chi connectivity index (χ3n) is 6.74. The fraction of sp³-hybridized carbons (Fsp3) is 0.290. The number of aliphatic imine (C=N–C) groups is 1. The van der Waals surface area contributed by atoms with Crippen molar-refractivity contribution in [1.82, 2.24) is 15.6 Å². The van der Waals surface area contributed by atoms with Crippen LogP contribution >= 0.6 is 0 Å². The summed E-state index contributed by atoms with van der Waals surface area (Å²) in [5, 5.41) is 13.1. The largest absolute Gasteiger partial charge is 0.384 e. The average Bonchev–Trinajstić information content (AvgIpc) is 3.01. The zero-order valence-corrected chi connectivity index (χ0v) is 24.3. The van der Waals surface area contributed by atoms with E-state index in [9.17, 15) is 14.4 Å².